The molecule has 0 fully saturated rings. The van der Waals surface area contributed by atoms with E-state index in [0.717, 1.165) is 102 Å². The Morgan fingerprint density at radius 1 is 1.05 bits per heavy atom. The van der Waals surface area contributed by atoms with Crippen molar-refractivity contribution in [1.82, 2.24) is 9.88 Å². The lowest BCUT2D eigenvalue weighted by Gasteiger charge is -2.31. The smallest absolute Gasteiger partial charge is 0.437 e. The largest absolute Gasteiger partial charge is 0.489 e. The summed E-state index contributed by atoms with van der Waals surface area (Å²) >= 11 is 0. The highest BCUT2D eigenvalue weighted by molar-refractivity contribution is 6.16. The van der Waals surface area contributed by atoms with Gasteiger partial charge in [0.05, 0.1) is 5.92 Å². The number of carbonyl (C=O) groups excluding carboxylic acids is 2. The van der Waals surface area contributed by atoms with Crippen LogP contribution < -0.4 is 10.1 Å². The van der Waals surface area contributed by atoms with E-state index < -0.39 is 30.7 Å². The minimum atomic E-state index is -3.27. The van der Waals surface area contributed by atoms with Gasteiger partial charge < -0.3 is 9.30 Å². The van der Waals surface area contributed by atoms with Crippen molar-refractivity contribution >= 4 is 40.3 Å². The molecular formula is C51H57F3N4O4. The zero-order chi connectivity index (χ0) is 44.1. The van der Waals surface area contributed by atoms with Crippen LogP contribution in [0.5, 0.6) is 5.75 Å². The summed E-state index contributed by atoms with van der Waals surface area (Å²) in [6.07, 6.45) is 10.6. The fourth-order valence-electron chi connectivity index (χ4n) is 9.20. The Hall–Kier alpha value is -5.71. The molecule has 3 aliphatic rings. The van der Waals surface area contributed by atoms with Crippen LogP contribution in [0.2, 0.25) is 0 Å². The molecule has 1 amide bonds. The SMILES string of the molecule is CCCCC(CC)Cn1c2c(c3cc(/C(=N/OC(=O)NC4=CC=NCC4)c4ccccc4OCC(C)(F)C(F)F)ccc31)CC(C(=O)c1c(C)cc(C)cc1C)C1=C2CCC=C1. The number of rotatable bonds is 16. The number of aryl methyl sites for hydroxylation is 3. The average Bonchev–Trinajstić information content (AvgIpc) is 3.56. The lowest BCUT2D eigenvalue weighted by molar-refractivity contribution is -0.0483. The Morgan fingerprint density at radius 3 is 2.53 bits per heavy atom. The Morgan fingerprint density at radius 2 is 1.82 bits per heavy atom. The number of halogens is 3. The summed E-state index contributed by atoms with van der Waals surface area (Å²) in [5.41, 5.74) is 8.07. The molecule has 2 heterocycles. The first-order valence-electron chi connectivity index (χ1n) is 21.9. The van der Waals surface area contributed by atoms with Crippen molar-refractivity contribution in [1.29, 1.82) is 0 Å². The molecule has 7 rings (SSSR count). The fourth-order valence-corrected chi connectivity index (χ4v) is 9.20. The van der Waals surface area contributed by atoms with Crippen molar-refractivity contribution in [2.24, 2.45) is 22.0 Å². The first-order valence-corrected chi connectivity index (χ1v) is 21.9. The van der Waals surface area contributed by atoms with Crippen LogP contribution in [0.15, 0.2) is 94.2 Å². The number of nitrogens with zero attached hydrogens (tertiary/aromatic N) is 3. The van der Waals surface area contributed by atoms with Gasteiger partial charge in [-0.25, -0.2) is 18.0 Å². The third-order valence-electron chi connectivity index (χ3n) is 12.4. The molecule has 8 nitrogen and oxygen atoms in total. The average molecular weight is 847 g/mol. The number of nitrogens with one attached hydrogen (secondary N) is 1. The summed E-state index contributed by atoms with van der Waals surface area (Å²) in [6.45, 7) is 11.7. The van der Waals surface area contributed by atoms with Crippen molar-refractivity contribution in [3.63, 3.8) is 0 Å². The van der Waals surface area contributed by atoms with Gasteiger partial charge >= 0.3 is 6.09 Å². The maximum absolute atomic E-state index is 14.9. The van der Waals surface area contributed by atoms with Crippen molar-refractivity contribution in [2.75, 3.05) is 13.2 Å². The maximum Gasteiger partial charge on any atom is 0.437 e. The van der Waals surface area contributed by atoms with Crippen LogP contribution in [-0.2, 0) is 17.8 Å². The summed E-state index contributed by atoms with van der Waals surface area (Å²) in [4.78, 5) is 37.8. The van der Waals surface area contributed by atoms with E-state index in [1.165, 1.54) is 5.57 Å². The van der Waals surface area contributed by atoms with Crippen LogP contribution in [-0.4, -0.2) is 53.6 Å². The lowest BCUT2D eigenvalue weighted by Crippen LogP contribution is -2.35. The van der Waals surface area contributed by atoms with Crippen LogP contribution in [0.4, 0.5) is 18.0 Å². The molecule has 3 unspecified atom stereocenters. The van der Waals surface area contributed by atoms with Crippen LogP contribution in [0.25, 0.3) is 16.5 Å². The van der Waals surface area contributed by atoms with Crippen molar-refractivity contribution in [3.05, 3.63) is 129 Å². The Kier molecular flexibility index (Phi) is 13.7. The number of oxime groups is 1. The second-order valence-corrected chi connectivity index (χ2v) is 17.2. The van der Waals surface area contributed by atoms with Crippen molar-refractivity contribution in [3.8, 4) is 5.75 Å². The van der Waals surface area contributed by atoms with E-state index >= 15 is 0 Å². The van der Waals surface area contributed by atoms with E-state index in [9.17, 15) is 22.8 Å². The van der Waals surface area contributed by atoms with E-state index in [2.05, 4.69) is 64.2 Å². The second kappa shape index (κ2) is 19.1. The standard InChI is InChI=1S/C51H57F3N4O4/c1-7-9-14-34(8-2)29-58-43-20-19-35(27-40(43)41-28-42(37-15-10-11-16-38(37)47(41)58)48(59)45-32(4)25-31(3)26-33(45)5)46(57-62-50(60)56-36-21-23-55-24-22-36)39-17-12-13-18-44(39)61-30-51(6,54)49(52)53/h10,12-13,15,17-21,23,25-27,34,42,49H,7-9,11,14,16,22,24,28-30H2,1-6H3,(H,56,60)/b57-46-. The molecule has 0 saturated heterocycles. The summed E-state index contributed by atoms with van der Waals surface area (Å²) in [6, 6.07) is 16.7. The van der Waals surface area contributed by atoms with E-state index in [1.807, 2.05) is 32.9 Å². The topological polar surface area (TPSA) is 94.3 Å². The highest BCUT2D eigenvalue weighted by atomic mass is 19.3. The van der Waals surface area contributed by atoms with E-state index in [-0.39, 0.29) is 17.2 Å². The molecule has 0 saturated carbocycles. The number of hydrogen-bond acceptors (Lipinski definition) is 6. The number of aliphatic imine (C=N–C) groups is 1. The monoisotopic (exact) mass is 846 g/mol. The number of amides is 1. The molecule has 62 heavy (non-hydrogen) atoms. The quantitative estimate of drug-likeness (QED) is 0.0526. The number of unbranched alkanes of at least 4 members (excludes halogenated alkanes) is 1. The number of para-hydroxylation sites is 1. The van der Waals surface area contributed by atoms with Gasteiger partial charge in [-0.3, -0.25) is 19.9 Å². The minimum absolute atomic E-state index is 0.0886. The molecule has 11 heteroatoms. The number of allylic oxidation sites excluding steroid dienone is 5. The molecule has 0 radical (unpaired) electrons. The number of Topliss-reactive ketones (excluding diaryl/α,β-unsaturated/α-hetero) is 1. The fraction of sp³-hybridized carbons (Fsp3) is 0.412. The third kappa shape index (κ3) is 9.37. The van der Waals surface area contributed by atoms with Gasteiger partial charge in [0.1, 0.15) is 18.1 Å². The number of ether oxygens (including phenoxy) is 1. The minimum Gasteiger partial charge on any atom is -0.489 e. The molecule has 2 aliphatic carbocycles. The molecule has 4 aromatic rings. The van der Waals surface area contributed by atoms with Gasteiger partial charge in [-0.2, -0.15) is 0 Å². The zero-order valence-electron chi connectivity index (χ0n) is 36.6. The van der Waals surface area contributed by atoms with Gasteiger partial charge in [0.25, 0.3) is 6.43 Å². The van der Waals surface area contributed by atoms with Crippen LogP contribution >= 0.6 is 0 Å². The third-order valence-corrected chi connectivity index (χ3v) is 12.4. The van der Waals surface area contributed by atoms with Gasteiger partial charge in [0.15, 0.2) is 5.78 Å². The van der Waals surface area contributed by atoms with E-state index in [4.69, 9.17) is 9.57 Å². The molecule has 1 aliphatic heterocycles. The lowest BCUT2D eigenvalue weighted by atomic mass is 9.73. The van der Waals surface area contributed by atoms with Gasteiger partial charge in [0, 0.05) is 64.7 Å². The molecule has 3 aromatic carbocycles. The van der Waals surface area contributed by atoms with E-state index in [1.54, 1.807) is 36.6 Å². The summed E-state index contributed by atoms with van der Waals surface area (Å²) < 4.78 is 50.4. The molecule has 1 N–H and O–H groups in total. The van der Waals surface area contributed by atoms with E-state index in [0.29, 0.717) is 42.1 Å². The number of benzene rings is 3. The molecule has 0 spiro atoms. The molecule has 326 valence electrons. The summed E-state index contributed by atoms with van der Waals surface area (Å²) in [7, 11) is 0. The van der Waals surface area contributed by atoms with Gasteiger partial charge in [-0.15, -0.1) is 0 Å². The molecular weight excluding hydrogens is 790 g/mol. The highest BCUT2D eigenvalue weighted by Crippen LogP contribution is 2.47. The first kappa shape index (κ1) is 44.3. The van der Waals surface area contributed by atoms with Crippen molar-refractivity contribution < 1.29 is 32.3 Å². The number of hydrogen-bond donors (Lipinski definition) is 1. The number of alkyl halides is 3. The second-order valence-electron chi connectivity index (χ2n) is 17.2. The summed E-state index contributed by atoms with van der Waals surface area (Å²) in [5, 5.41) is 8.07. The number of dihydropyridines is 1. The van der Waals surface area contributed by atoms with Crippen LogP contribution in [0.3, 0.4) is 0 Å². The Labute approximate surface area is 362 Å². The predicted octanol–water partition coefficient (Wildman–Crippen LogP) is 12.2. The number of ketones is 1. The van der Waals surface area contributed by atoms with Gasteiger partial charge in [-0.05, 0) is 117 Å². The molecule has 1 aromatic heterocycles. The summed E-state index contributed by atoms with van der Waals surface area (Å²) in [5.74, 6) is 0.220. The van der Waals surface area contributed by atoms with Gasteiger partial charge in [-0.1, -0.05) is 86.3 Å². The first-order chi connectivity index (χ1) is 29.8. The normalized spacial score (nSPS) is 17.7. The number of aromatic nitrogens is 1. The highest BCUT2D eigenvalue weighted by Gasteiger charge is 2.38. The van der Waals surface area contributed by atoms with Crippen LogP contribution in [0, 0.1) is 32.6 Å². The molecule has 3 atom stereocenters. The number of carbonyl (C=O) groups is 2. The van der Waals surface area contributed by atoms with Crippen LogP contribution in [0.1, 0.15) is 115 Å². The van der Waals surface area contributed by atoms with Crippen molar-refractivity contribution in [2.45, 2.75) is 112 Å². The Balaban J connectivity index is 1.40. The van der Waals surface area contributed by atoms with Gasteiger partial charge in [0.2, 0.25) is 5.67 Å². The predicted molar refractivity (Wildman–Crippen MR) is 241 cm³/mol. The number of fused-ring (bicyclic) bond motifs is 4. The Bertz CT molecular complexity index is 2490. The molecule has 0 bridgehead atoms. The maximum atomic E-state index is 14.9. The zero-order valence-corrected chi connectivity index (χ0v) is 36.6.